The second kappa shape index (κ2) is 11.4. The molecule has 35 heavy (non-hydrogen) atoms. The molecule has 0 radical (unpaired) electrons. The number of para-hydroxylation sites is 1. The van der Waals surface area contributed by atoms with Gasteiger partial charge in [0.05, 0.1) is 17.0 Å². The Balaban J connectivity index is 1.36. The lowest BCUT2D eigenvalue weighted by atomic mass is 9.97. The highest BCUT2D eigenvalue weighted by atomic mass is 32.2. The van der Waals surface area contributed by atoms with Crippen LogP contribution in [-0.2, 0) is 20.6 Å². The van der Waals surface area contributed by atoms with Crippen molar-refractivity contribution in [2.24, 2.45) is 5.92 Å². The number of hydrogen-bond acceptors (Lipinski definition) is 4. The quantitative estimate of drug-likeness (QED) is 0.648. The first-order valence-corrected chi connectivity index (χ1v) is 14.2. The number of carbonyl (C=O) groups is 2. The smallest absolute Gasteiger partial charge is 0.255 e. The van der Waals surface area contributed by atoms with E-state index in [0.29, 0.717) is 37.2 Å². The van der Waals surface area contributed by atoms with Crippen LogP contribution < -0.4 is 5.32 Å². The van der Waals surface area contributed by atoms with E-state index >= 15 is 0 Å². The predicted octanol–water partition coefficient (Wildman–Crippen LogP) is 4.19. The van der Waals surface area contributed by atoms with E-state index in [2.05, 4.69) is 5.32 Å². The van der Waals surface area contributed by atoms with Crippen LogP contribution in [0.1, 0.15) is 60.0 Å². The summed E-state index contributed by atoms with van der Waals surface area (Å²) in [4.78, 5) is 28.1. The number of rotatable bonds is 6. The summed E-state index contributed by atoms with van der Waals surface area (Å²) in [5.41, 5.74) is 2.85. The minimum atomic E-state index is -3.44. The number of sulfonamides is 1. The second-order valence-electron chi connectivity index (χ2n) is 9.66. The number of piperidine rings is 1. The zero-order valence-electron chi connectivity index (χ0n) is 20.4. The van der Waals surface area contributed by atoms with Crippen LogP contribution in [0.5, 0.6) is 0 Å². The first-order chi connectivity index (χ1) is 16.8. The second-order valence-corrected chi connectivity index (χ2v) is 11.6. The first-order valence-electron chi connectivity index (χ1n) is 12.6. The van der Waals surface area contributed by atoms with Gasteiger partial charge >= 0.3 is 0 Å². The molecular weight excluding hydrogens is 462 g/mol. The van der Waals surface area contributed by atoms with Gasteiger partial charge in [-0.05, 0) is 50.3 Å². The van der Waals surface area contributed by atoms with Gasteiger partial charge in [-0.15, -0.1) is 0 Å². The Hall–Kier alpha value is -2.71. The summed E-state index contributed by atoms with van der Waals surface area (Å²) in [6.07, 6.45) is 5.21. The monoisotopic (exact) mass is 497 g/mol. The maximum Gasteiger partial charge on any atom is 0.255 e. The Bertz CT molecular complexity index is 1150. The summed E-state index contributed by atoms with van der Waals surface area (Å²) in [5.74, 6) is -0.518. The summed E-state index contributed by atoms with van der Waals surface area (Å²) < 4.78 is 27.3. The number of carbonyl (C=O) groups excluding carboxylic acids is 2. The molecule has 0 unspecified atom stereocenters. The van der Waals surface area contributed by atoms with Crippen molar-refractivity contribution in [3.63, 3.8) is 0 Å². The summed E-state index contributed by atoms with van der Waals surface area (Å²) in [6.45, 7) is 4.08. The van der Waals surface area contributed by atoms with Crippen molar-refractivity contribution in [2.75, 3.05) is 31.5 Å². The standard InChI is InChI=1S/C27H35N3O4S/c1-21-9-8-10-22(19-21)20-35(33,34)30-17-13-23(14-18-30)26(31)28-25-12-5-4-11-24(25)27(32)29-15-6-2-3-7-16-29/h4-5,8-12,19,23H,2-3,6-7,13-18,20H2,1H3,(H,28,31). The Morgan fingerprint density at radius 1 is 0.914 bits per heavy atom. The van der Waals surface area contributed by atoms with Crippen LogP contribution in [0.4, 0.5) is 5.69 Å². The van der Waals surface area contributed by atoms with Gasteiger partial charge in [0.25, 0.3) is 5.91 Å². The van der Waals surface area contributed by atoms with Gasteiger partial charge < -0.3 is 10.2 Å². The van der Waals surface area contributed by atoms with Gasteiger partial charge in [-0.1, -0.05) is 54.8 Å². The largest absolute Gasteiger partial charge is 0.339 e. The van der Waals surface area contributed by atoms with E-state index in [9.17, 15) is 18.0 Å². The van der Waals surface area contributed by atoms with Crippen LogP contribution in [0.2, 0.25) is 0 Å². The molecule has 0 bridgehead atoms. The van der Waals surface area contributed by atoms with Crippen molar-refractivity contribution in [1.29, 1.82) is 0 Å². The molecule has 188 valence electrons. The molecule has 0 aliphatic carbocycles. The first kappa shape index (κ1) is 25.4. The van der Waals surface area contributed by atoms with E-state index in [1.54, 1.807) is 12.1 Å². The van der Waals surface area contributed by atoms with E-state index in [1.807, 2.05) is 48.2 Å². The van der Waals surface area contributed by atoms with Crippen LogP contribution in [0.15, 0.2) is 48.5 Å². The molecule has 2 amide bonds. The van der Waals surface area contributed by atoms with Crippen molar-refractivity contribution in [1.82, 2.24) is 9.21 Å². The third-order valence-electron chi connectivity index (χ3n) is 6.96. The number of aryl methyl sites for hydroxylation is 1. The highest BCUT2D eigenvalue weighted by Crippen LogP contribution is 2.25. The fourth-order valence-electron chi connectivity index (χ4n) is 4.96. The molecule has 0 saturated carbocycles. The molecule has 2 aliphatic heterocycles. The molecule has 2 heterocycles. The Labute approximate surface area is 208 Å². The average Bonchev–Trinajstić information content (AvgIpc) is 3.13. The van der Waals surface area contributed by atoms with Gasteiger partial charge in [-0.2, -0.15) is 0 Å². The third kappa shape index (κ3) is 6.49. The van der Waals surface area contributed by atoms with Gasteiger partial charge in [0.15, 0.2) is 0 Å². The van der Waals surface area contributed by atoms with Crippen LogP contribution in [0.3, 0.4) is 0 Å². The minimum absolute atomic E-state index is 0.0302. The van der Waals surface area contributed by atoms with Gasteiger partial charge in [0, 0.05) is 32.1 Å². The number of benzene rings is 2. The SMILES string of the molecule is Cc1cccc(CS(=O)(=O)N2CCC(C(=O)Nc3ccccc3C(=O)N3CCCCCC3)CC2)c1. The number of amides is 2. The molecular formula is C27H35N3O4S. The lowest BCUT2D eigenvalue weighted by molar-refractivity contribution is -0.120. The van der Waals surface area contributed by atoms with Crippen LogP contribution in [0, 0.1) is 12.8 Å². The predicted molar refractivity (Wildman–Crippen MR) is 138 cm³/mol. The number of likely N-dealkylation sites (tertiary alicyclic amines) is 1. The highest BCUT2D eigenvalue weighted by molar-refractivity contribution is 7.88. The third-order valence-corrected chi connectivity index (χ3v) is 8.81. The van der Waals surface area contributed by atoms with Gasteiger partial charge in [0.1, 0.15) is 0 Å². The van der Waals surface area contributed by atoms with Crippen molar-refractivity contribution < 1.29 is 18.0 Å². The van der Waals surface area contributed by atoms with Crippen LogP contribution >= 0.6 is 0 Å². The molecule has 1 N–H and O–H groups in total. The van der Waals surface area contributed by atoms with Gasteiger partial charge in [0.2, 0.25) is 15.9 Å². The fraction of sp³-hybridized carbons (Fsp3) is 0.481. The molecule has 7 nitrogen and oxygen atoms in total. The van der Waals surface area contributed by atoms with Crippen molar-refractivity contribution in [2.45, 2.75) is 51.2 Å². The average molecular weight is 498 g/mol. The molecule has 8 heteroatoms. The number of anilines is 1. The Morgan fingerprint density at radius 2 is 1.60 bits per heavy atom. The Kier molecular flexibility index (Phi) is 8.23. The topological polar surface area (TPSA) is 86.8 Å². The van der Waals surface area contributed by atoms with E-state index in [0.717, 1.165) is 49.9 Å². The molecule has 0 aromatic heterocycles. The molecule has 0 spiro atoms. The van der Waals surface area contributed by atoms with Crippen LogP contribution in [0.25, 0.3) is 0 Å². The van der Waals surface area contributed by atoms with E-state index in [-0.39, 0.29) is 23.5 Å². The lowest BCUT2D eigenvalue weighted by Gasteiger charge is -2.31. The van der Waals surface area contributed by atoms with Gasteiger partial charge in [-0.25, -0.2) is 12.7 Å². The normalized spacial score (nSPS) is 18.1. The number of hydrogen-bond donors (Lipinski definition) is 1. The van der Waals surface area contributed by atoms with E-state index in [4.69, 9.17) is 0 Å². The molecule has 0 atom stereocenters. The zero-order valence-corrected chi connectivity index (χ0v) is 21.2. The van der Waals surface area contributed by atoms with Crippen molar-refractivity contribution >= 4 is 27.5 Å². The van der Waals surface area contributed by atoms with Crippen molar-refractivity contribution in [3.8, 4) is 0 Å². The van der Waals surface area contributed by atoms with E-state index in [1.165, 1.54) is 4.31 Å². The summed E-state index contributed by atoms with van der Waals surface area (Å²) in [6, 6.07) is 14.7. The van der Waals surface area contributed by atoms with Crippen molar-refractivity contribution in [3.05, 3.63) is 65.2 Å². The Morgan fingerprint density at radius 3 is 2.29 bits per heavy atom. The molecule has 2 aromatic rings. The van der Waals surface area contributed by atoms with E-state index < -0.39 is 10.0 Å². The number of nitrogens with zero attached hydrogens (tertiary/aromatic N) is 2. The summed E-state index contributed by atoms with van der Waals surface area (Å²) in [7, 11) is -3.44. The fourth-order valence-corrected chi connectivity index (χ4v) is 6.51. The highest BCUT2D eigenvalue weighted by Gasteiger charge is 2.32. The summed E-state index contributed by atoms with van der Waals surface area (Å²) >= 11 is 0. The maximum absolute atomic E-state index is 13.2. The molecule has 2 saturated heterocycles. The molecule has 2 aliphatic rings. The zero-order chi connectivity index (χ0) is 24.8. The molecule has 2 aromatic carbocycles. The van der Waals surface area contributed by atoms with Crippen LogP contribution in [-0.4, -0.2) is 55.6 Å². The lowest BCUT2D eigenvalue weighted by Crippen LogP contribution is -2.42. The number of nitrogens with one attached hydrogen (secondary N) is 1. The summed E-state index contributed by atoms with van der Waals surface area (Å²) in [5, 5.41) is 2.96. The van der Waals surface area contributed by atoms with Gasteiger partial charge in [-0.3, -0.25) is 9.59 Å². The maximum atomic E-state index is 13.2. The minimum Gasteiger partial charge on any atom is -0.339 e. The molecule has 4 rings (SSSR count). The molecule has 2 fully saturated rings.